The average molecular weight is 359 g/mol. The van der Waals surface area contributed by atoms with Crippen molar-refractivity contribution in [3.63, 3.8) is 0 Å². The first-order valence-electron chi connectivity index (χ1n) is 7.37. The molecule has 2 fully saturated rings. The number of piperazine rings is 1. The molecule has 6 nitrogen and oxygen atoms in total. The fraction of sp³-hybridized carbons (Fsp3) is 0.500. The highest BCUT2D eigenvalue weighted by Crippen LogP contribution is 2.21. The third-order valence-electron chi connectivity index (χ3n) is 4.00. The van der Waals surface area contributed by atoms with Crippen LogP contribution in [-0.4, -0.2) is 72.9 Å². The van der Waals surface area contributed by atoms with E-state index in [0.717, 1.165) is 18.4 Å². The Kier molecular flexibility index (Phi) is 4.90. The lowest BCUT2D eigenvalue weighted by Gasteiger charge is -2.35. The Morgan fingerprint density at radius 1 is 1.09 bits per heavy atom. The van der Waals surface area contributed by atoms with Gasteiger partial charge < -0.3 is 4.90 Å². The number of amides is 1. The molecule has 2 aliphatic heterocycles. The number of nitrogens with zero attached hydrogens (tertiary/aromatic N) is 3. The van der Waals surface area contributed by atoms with E-state index in [1.165, 1.54) is 34.3 Å². The van der Waals surface area contributed by atoms with Crippen LogP contribution in [-0.2, 0) is 10.0 Å². The van der Waals surface area contributed by atoms with E-state index < -0.39 is 15.8 Å². The van der Waals surface area contributed by atoms with Crippen LogP contribution in [0, 0.1) is 5.82 Å². The molecule has 23 heavy (non-hydrogen) atoms. The second-order valence-electron chi connectivity index (χ2n) is 5.47. The van der Waals surface area contributed by atoms with Crippen LogP contribution in [0.15, 0.2) is 29.2 Å². The molecule has 1 amide bonds. The predicted molar refractivity (Wildman–Crippen MR) is 86.2 cm³/mol. The lowest BCUT2D eigenvalue weighted by Crippen LogP contribution is -2.51. The summed E-state index contributed by atoms with van der Waals surface area (Å²) in [6.45, 7) is 2.92. The molecule has 0 unspecified atom stereocenters. The molecule has 0 N–H and O–H groups in total. The number of carbonyl (C=O) groups excluding carboxylic acids is 1. The van der Waals surface area contributed by atoms with Crippen molar-refractivity contribution in [1.82, 2.24) is 14.1 Å². The molecule has 9 heteroatoms. The lowest BCUT2D eigenvalue weighted by molar-refractivity contribution is 0.126. The zero-order chi connectivity index (χ0) is 16.4. The van der Waals surface area contributed by atoms with Crippen LogP contribution in [0.5, 0.6) is 0 Å². The topological polar surface area (TPSA) is 60.9 Å². The van der Waals surface area contributed by atoms with Crippen LogP contribution in [0.4, 0.5) is 9.18 Å². The maximum absolute atomic E-state index is 13.8. The molecule has 0 saturated carbocycles. The number of thioether (sulfide) groups is 1. The van der Waals surface area contributed by atoms with E-state index in [9.17, 15) is 17.6 Å². The second-order valence-corrected chi connectivity index (χ2v) is 8.42. The van der Waals surface area contributed by atoms with Gasteiger partial charge in [0.15, 0.2) is 0 Å². The monoisotopic (exact) mass is 359 g/mol. The van der Waals surface area contributed by atoms with Gasteiger partial charge in [-0.2, -0.15) is 4.31 Å². The molecule has 2 saturated heterocycles. The fourth-order valence-electron chi connectivity index (χ4n) is 2.70. The van der Waals surface area contributed by atoms with Gasteiger partial charge in [-0.1, -0.05) is 23.9 Å². The second kappa shape index (κ2) is 6.76. The Labute approximate surface area is 139 Å². The molecule has 0 aliphatic carbocycles. The van der Waals surface area contributed by atoms with Crippen molar-refractivity contribution >= 4 is 27.0 Å². The van der Waals surface area contributed by atoms with E-state index >= 15 is 0 Å². The van der Waals surface area contributed by atoms with Crippen LogP contribution in [0.3, 0.4) is 0 Å². The minimum Gasteiger partial charge on any atom is -0.320 e. The largest absolute Gasteiger partial charge is 0.320 e. The Bertz CT molecular complexity index is 690. The van der Waals surface area contributed by atoms with Crippen LogP contribution in [0.2, 0.25) is 0 Å². The number of hydrogen-bond acceptors (Lipinski definition) is 5. The van der Waals surface area contributed by atoms with Crippen LogP contribution < -0.4 is 0 Å². The van der Waals surface area contributed by atoms with Crippen molar-refractivity contribution in [2.24, 2.45) is 0 Å². The van der Waals surface area contributed by atoms with Gasteiger partial charge in [0.25, 0.3) is 5.24 Å². The highest BCUT2D eigenvalue weighted by atomic mass is 32.2. The number of sulfonamides is 1. The van der Waals surface area contributed by atoms with Gasteiger partial charge in [0.05, 0.1) is 6.67 Å². The highest BCUT2D eigenvalue weighted by Gasteiger charge is 2.31. The summed E-state index contributed by atoms with van der Waals surface area (Å²) in [4.78, 5) is 15.2. The van der Waals surface area contributed by atoms with E-state index in [0.29, 0.717) is 32.8 Å². The van der Waals surface area contributed by atoms with Gasteiger partial charge in [-0.05, 0) is 12.1 Å². The summed E-state index contributed by atoms with van der Waals surface area (Å²) in [5, 5.41) is 0.0754. The molecule has 0 bridgehead atoms. The summed E-state index contributed by atoms with van der Waals surface area (Å²) in [6, 6.07) is 5.43. The number of carbonyl (C=O) groups is 1. The molecular formula is C14H18FN3O3S2. The summed E-state index contributed by atoms with van der Waals surface area (Å²) in [5.74, 6) is 0.0788. The molecule has 3 rings (SSSR count). The molecule has 0 spiro atoms. The molecule has 1 aromatic carbocycles. The summed E-state index contributed by atoms with van der Waals surface area (Å²) in [6.07, 6.45) is 0. The fourth-order valence-corrected chi connectivity index (χ4v) is 5.00. The first kappa shape index (κ1) is 16.7. The molecule has 2 heterocycles. The Morgan fingerprint density at radius 2 is 1.78 bits per heavy atom. The van der Waals surface area contributed by atoms with Crippen LogP contribution in [0.25, 0.3) is 0 Å². The number of benzene rings is 1. The summed E-state index contributed by atoms with van der Waals surface area (Å²) in [5.41, 5.74) is 0. The third kappa shape index (κ3) is 3.52. The van der Waals surface area contributed by atoms with Gasteiger partial charge in [-0.25, -0.2) is 12.8 Å². The van der Waals surface area contributed by atoms with Crippen molar-refractivity contribution in [3.8, 4) is 0 Å². The number of rotatable bonds is 4. The van der Waals surface area contributed by atoms with Crippen molar-refractivity contribution in [2.45, 2.75) is 4.90 Å². The first-order valence-corrected chi connectivity index (χ1v) is 9.80. The summed E-state index contributed by atoms with van der Waals surface area (Å²) < 4.78 is 40.1. The van der Waals surface area contributed by atoms with E-state index in [1.807, 2.05) is 0 Å². The molecular weight excluding hydrogens is 341 g/mol. The molecule has 0 atom stereocenters. The van der Waals surface area contributed by atoms with Crippen molar-refractivity contribution < 1.29 is 17.6 Å². The van der Waals surface area contributed by atoms with Crippen molar-refractivity contribution in [1.29, 1.82) is 0 Å². The quantitative estimate of drug-likeness (QED) is 0.810. The smallest absolute Gasteiger partial charge is 0.282 e. The Hall–Kier alpha value is -1.16. The highest BCUT2D eigenvalue weighted by molar-refractivity contribution is 8.13. The molecule has 1 aromatic rings. The number of halogens is 1. The Morgan fingerprint density at radius 3 is 2.39 bits per heavy atom. The van der Waals surface area contributed by atoms with Gasteiger partial charge in [0.2, 0.25) is 10.0 Å². The SMILES string of the molecule is O=C1SCCN1CN1CCN(S(=O)(=O)c2ccccc2F)CC1. The maximum Gasteiger partial charge on any atom is 0.282 e. The minimum absolute atomic E-state index is 0.0754. The van der Waals surface area contributed by atoms with Crippen molar-refractivity contribution in [3.05, 3.63) is 30.1 Å². The van der Waals surface area contributed by atoms with E-state index in [2.05, 4.69) is 4.90 Å². The zero-order valence-electron chi connectivity index (χ0n) is 12.5. The standard InChI is InChI=1S/C14H18FN3O3S2/c15-12-3-1-2-4-13(12)23(20,21)18-7-5-16(6-8-18)11-17-9-10-22-14(17)19/h1-4H,5-11H2. The Balaban J connectivity index is 1.62. The van der Waals surface area contributed by atoms with Gasteiger partial charge in [-0.15, -0.1) is 0 Å². The predicted octanol–water partition coefficient (Wildman–Crippen LogP) is 1.26. The zero-order valence-corrected chi connectivity index (χ0v) is 14.2. The van der Waals surface area contributed by atoms with Gasteiger partial charge in [0.1, 0.15) is 10.7 Å². The van der Waals surface area contributed by atoms with E-state index in [4.69, 9.17) is 0 Å². The van der Waals surface area contributed by atoms with E-state index in [-0.39, 0.29) is 10.1 Å². The van der Waals surface area contributed by atoms with Gasteiger partial charge in [-0.3, -0.25) is 9.69 Å². The van der Waals surface area contributed by atoms with Gasteiger partial charge >= 0.3 is 0 Å². The molecule has 2 aliphatic rings. The first-order chi connectivity index (χ1) is 11.0. The minimum atomic E-state index is -3.81. The molecule has 0 radical (unpaired) electrons. The third-order valence-corrected chi connectivity index (χ3v) is 6.83. The average Bonchev–Trinajstić information content (AvgIpc) is 2.93. The number of hydrogen-bond donors (Lipinski definition) is 0. The summed E-state index contributed by atoms with van der Waals surface area (Å²) >= 11 is 1.31. The van der Waals surface area contributed by atoms with Crippen LogP contribution >= 0.6 is 11.8 Å². The lowest BCUT2D eigenvalue weighted by atomic mass is 10.3. The van der Waals surface area contributed by atoms with Crippen LogP contribution in [0.1, 0.15) is 0 Å². The van der Waals surface area contributed by atoms with Crippen molar-refractivity contribution in [2.75, 3.05) is 45.1 Å². The van der Waals surface area contributed by atoms with E-state index in [1.54, 1.807) is 4.90 Å². The molecule has 0 aromatic heterocycles. The van der Waals surface area contributed by atoms with Gasteiger partial charge in [0, 0.05) is 38.5 Å². The normalized spacial score (nSPS) is 21.1. The molecule has 126 valence electrons. The summed E-state index contributed by atoms with van der Waals surface area (Å²) in [7, 11) is -3.81. The maximum atomic E-state index is 13.8.